The summed E-state index contributed by atoms with van der Waals surface area (Å²) in [7, 11) is 0. The smallest absolute Gasteiger partial charge is 0.252 e. The van der Waals surface area contributed by atoms with Gasteiger partial charge in [0, 0.05) is 19.0 Å². The Bertz CT molecular complexity index is 589. The fourth-order valence-corrected chi connectivity index (χ4v) is 3.69. The number of carbonyl (C=O) groups excluding carboxylic acids is 2. The summed E-state index contributed by atoms with van der Waals surface area (Å²) in [5.41, 5.74) is 0.438. The highest BCUT2D eigenvalue weighted by molar-refractivity contribution is 6.33. The molecule has 5 heteroatoms. The summed E-state index contributed by atoms with van der Waals surface area (Å²) in [6, 6.07) is 7.18. The van der Waals surface area contributed by atoms with Crippen LogP contribution in [0.5, 0.6) is 0 Å². The molecule has 0 radical (unpaired) electrons. The predicted molar refractivity (Wildman–Crippen MR) is 102 cm³/mol. The highest BCUT2D eigenvalue weighted by Gasteiger charge is 2.22. The van der Waals surface area contributed by atoms with E-state index in [9.17, 15) is 9.59 Å². The zero-order valence-electron chi connectivity index (χ0n) is 15.2. The molecule has 1 saturated carbocycles. The molecule has 2 N–H and O–H groups in total. The lowest BCUT2D eigenvalue weighted by Crippen LogP contribution is -2.37. The van der Waals surface area contributed by atoms with Crippen molar-refractivity contribution in [2.75, 3.05) is 6.54 Å². The minimum absolute atomic E-state index is 0.00690. The van der Waals surface area contributed by atoms with Gasteiger partial charge in [-0.15, -0.1) is 0 Å². The number of rotatable bonds is 6. The minimum Gasteiger partial charge on any atom is -0.353 e. The van der Waals surface area contributed by atoms with Crippen LogP contribution in [0.1, 0.15) is 62.7 Å². The van der Waals surface area contributed by atoms with Crippen LogP contribution in [0.2, 0.25) is 5.02 Å². The van der Waals surface area contributed by atoms with Crippen molar-refractivity contribution in [1.29, 1.82) is 0 Å². The van der Waals surface area contributed by atoms with Crippen molar-refractivity contribution in [3.8, 4) is 0 Å². The second-order valence-electron chi connectivity index (χ2n) is 7.26. The van der Waals surface area contributed by atoms with Crippen LogP contribution in [-0.2, 0) is 4.79 Å². The Morgan fingerprint density at radius 3 is 2.64 bits per heavy atom. The van der Waals surface area contributed by atoms with E-state index in [0.29, 0.717) is 23.6 Å². The van der Waals surface area contributed by atoms with Gasteiger partial charge in [-0.05, 0) is 43.2 Å². The molecule has 1 aromatic rings. The summed E-state index contributed by atoms with van der Waals surface area (Å²) < 4.78 is 0. The van der Waals surface area contributed by atoms with Gasteiger partial charge in [-0.25, -0.2) is 0 Å². The van der Waals surface area contributed by atoms with Crippen molar-refractivity contribution in [3.63, 3.8) is 0 Å². The first kappa shape index (κ1) is 19.8. The maximum atomic E-state index is 12.1. The Morgan fingerprint density at radius 1 is 1.16 bits per heavy atom. The first-order chi connectivity index (χ1) is 12.0. The number of carbonyl (C=O) groups is 2. The van der Waals surface area contributed by atoms with Gasteiger partial charge in [-0.3, -0.25) is 9.59 Å². The molecule has 0 saturated heterocycles. The molecule has 0 bridgehead atoms. The highest BCUT2D eigenvalue weighted by Crippen LogP contribution is 2.28. The van der Waals surface area contributed by atoms with Gasteiger partial charge in [0.1, 0.15) is 0 Å². The van der Waals surface area contributed by atoms with Crippen LogP contribution in [-0.4, -0.2) is 24.4 Å². The lowest BCUT2D eigenvalue weighted by Gasteiger charge is -2.19. The monoisotopic (exact) mass is 364 g/mol. The second kappa shape index (κ2) is 9.81. The number of nitrogens with one attached hydrogen (secondary N) is 2. The van der Waals surface area contributed by atoms with E-state index in [1.807, 2.05) is 0 Å². The van der Waals surface area contributed by atoms with Crippen molar-refractivity contribution in [3.05, 3.63) is 34.9 Å². The van der Waals surface area contributed by atoms with Gasteiger partial charge in [-0.2, -0.15) is 0 Å². The van der Waals surface area contributed by atoms with E-state index in [1.165, 1.54) is 19.3 Å². The van der Waals surface area contributed by atoms with E-state index < -0.39 is 0 Å². The van der Waals surface area contributed by atoms with Gasteiger partial charge in [0.2, 0.25) is 5.91 Å². The average molecular weight is 365 g/mol. The first-order valence-electron chi connectivity index (χ1n) is 9.29. The van der Waals surface area contributed by atoms with Crippen LogP contribution < -0.4 is 10.6 Å². The van der Waals surface area contributed by atoms with Gasteiger partial charge in [0.25, 0.3) is 5.91 Å². The van der Waals surface area contributed by atoms with Crippen molar-refractivity contribution in [1.82, 2.24) is 10.6 Å². The van der Waals surface area contributed by atoms with E-state index in [4.69, 9.17) is 11.6 Å². The Balaban J connectivity index is 1.70. The molecule has 0 spiro atoms. The van der Waals surface area contributed by atoms with Gasteiger partial charge in [0.05, 0.1) is 10.6 Å². The lowest BCUT2D eigenvalue weighted by atomic mass is 9.89. The molecule has 2 atom stereocenters. The SMILES string of the molecule is CC(C)[C@@H]1CCC[C@H](NC(=O)CCNC(=O)c2ccccc2Cl)CC1. The molecule has 1 aliphatic carbocycles. The maximum absolute atomic E-state index is 12.1. The van der Waals surface area contributed by atoms with E-state index in [2.05, 4.69) is 24.5 Å². The van der Waals surface area contributed by atoms with Crippen molar-refractivity contribution in [2.24, 2.45) is 11.8 Å². The molecule has 2 amide bonds. The van der Waals surface area contributed by atoms with Crippen LogP contribution >= 0.6 is 11.6 Å². The van der Waals surface area contributed by atoms with Gasteiger partial charge < -0.3 is 10.6 Å². The number of hydrogen-bond acceptors (Lipinski definition) is 2. The van der Waals surface area contributed by atoms with Crippen LogP contribution in [0.25, 0.3) is 0 Å². The number of benzene rings is 1. The van der Waals surface area contributed by atoms with E-state index in [0.717, 1.165) is 24.7 Å². The third-order valence-corrected chi connectivity index (χ3v) is 5.41. The normalized spacial score (nSPS) is 20.8. The molecular formula is C20H29ClN2O2. The molecule has 4 nitrogen and oxygen atoms in total. The highest BCUT2D eigenvalue weighted by atomic mass is 35.5. The predicted octanol–water partition coefficient (Wildman–Crippen LogP) is 4.18. The van der Waals surface area contributed by atoms with Crippen LogP contribution in [0.4, 0.5) is 0 Å². The molecule has 0 aromatic heterocycles. The zero-order valence-corrected chi connectivity index (χ0v) is 15.9. The van der Waals surface area contributed by atoms with Crippen LogP contribution in [0, 0.1) is 11.8 Å². The molecule has 2 rings (SSSR count). The van der Waals surface area contributed by atoms with Crippen LogP contribution in [0.15, 0.2) is 24.3 Å². The number of amides is 2. The van der Waals surface area contributed by atoms with E-state index in [-0.39, 0.29) is 17.9 Å². The zero-order chi connectivity index (χ0) is 18.2. The van der Waals surface area contributed by atoms with Gasteiger partial charge in [0.15, 0.2) is 0 Å². The lowest BCUT2D eigenvalue weighted by molar-refractivity contribution is -0.121. The summed E-state index contributed by atoms with van der Waals surface area (Å²) in [6.45, 7) is 4.88. The fourth-order valence-electron chi connectivity index (χ4n) is 3.47. The van der Waals surface area contributed by atoms with Gasteiger partial charge >= 0.3 is 0 Å². The summed E-state index contributed by atoms with van der Waals surface area (Å²) in [5, 5.41) is 6.30. The molecule has 0 unspecified atom stereocenters. The van der Waals surface area contributed by atoms with Crippen LogP contribution in [0.3, 0.4) is 0 Å². The number of hydrogen-bond donors (Lipinski definition) is 2. The number of halogens is 1. The minimum atomic E-state index is -0.243. The third-order valence-electron chi connectivity index (χ3n) is 5.08. The first-order valence-corrected chi connectivity index (χ1v) is 9.67. The van der Waals surface area contributed by atoms with Crippen molar-refractivity contribution in [2.45, 2.75) is 58.4 Å². The summed E-state index contributed by atoms with van der Waals surface area (Å²) in [6.07, 6.45) is 6.03. The molecule has 0 heterocycles. The Kier molecular flexibility index (Phi) is 7.76. The summed E-state index contributed by atoms with van der Waals surface area (Å²) in [4.78, 5) is 24.2. The summed E-state index contributed by atoms with van der Waals surface area (Å²) in [5.74, 6) is 1.26. The molecule has 1 fully saturated rings. The fraction of sp³-hybridized carbons (Fsp3) is 0.600. The van der Waals surface area contributed by atoms with Crippen molar-refractivity contribution >= 4 is 23.4 Å². The van der Waals surface area contributed by atoms with Gasteiger partial charge in [-0.1, -0.05) is 50.4 Å². The molecule has 1 aliphatic rings. The Labute approximate surface area is 155 Å². The molecule has 0 aliphatic heterocycles. The Hall–Kier alpha value is -1.55. The Morgan fingerprint density at radius 2 is 1.92 bits per heavy atom. The second-order valence-corrected chi connectivity index (χ2v) is 7.67. The maximum Gasteiger partial charge on any atom is 0.252 e. The van der Waals surface area contributed by atoms with E-state index in [1.54, 1.807) is 24.3 Å². The summed E-state index contributed by atoms with van der Waals surface area (Å²) >= 11 is 6.00. The quantitative estimate of drug-likeness (QED) is 0.744. The van der Waals surface area contributed by atoms with E-state index >= 15 is 0 Å². The average Bonchev–Trinajstić information content (AvgIpc) is 2.81. The van der Waals surface area contributed by atoms with Crippen molar-refractivity contribution < 1.29 is 9.59 Å². The largest absolute Gasteiger partial charge is 0.353 e. The molecule has 25 heavy (non-hydrogen) atoms. The third kappa shape index (κ3) is 6.35. The molecule has 1 aromatic carbocycles. The standard InChI is InChI=1S/C20H29ClN2O2/c1-14(2)15-6-5-7-16(11-10-15)23-19(24)12-13-22-20(25)17-8-3-4-9-18(17)21/h3-4,8-9,14-16H,5-7,10-13H2,1-2H3,(H,22,25)(H,23,24)/t15-,16+/m1/s1. The topological polar surface area (TPSA) is 58.2 Å². The molecular weight excluding hydrogens is 336 g/mol. The molecule has 138 valence electrons.